The van der Waals surface area contributed by atoms with E-state index in [1.54, 1.807) is 0 Å². The van der Waals surface area contributed by atoms with E-state index in [9.17, 15) is 4.39 Å². The van der Waals surface area contributed by atoms with Gasteiger partial charge in [-0.15, -0.1) is 0 Å². The van der Waals surface area contributed by atoms with Crippen LogP contribution < -0.4 is 5.32 Å². The van der Waals surface area contributed by atoms with Gasteiger partial charge in [0.05, 0.1) is 0 Å². The molecule has 1 aromatic carbocycles. The number of likely N-dealkylation sites (N-methyl/N-ethyl adjacent to an activating group) is 1. The van der Waals surface area contributed by atoms with Gasteiger partial charge < -0.3 is 10.2 Å². The van der Waals surface area contributed by atoms with E-state index in [0.29, 0.717) is 6.04 Å². The molecule has 0 amide bonds. The van der Waals surface area contributed by atoms with Crippen LogP contribution in [0.4, 0.5) is 4.39 Å². The van der Waals surface area contributed by atoms with Crippen molar-refractivity contribution in [2.45, 2.75) is 25.3 Å². The van der Waals surface area contributed by atoms with Crippen LogP contribution in [0.2, 0.25) is 0 Å². The number of piperidine rings is 1. The number of halogens is 1. The van der Waals surface area contributed by atoms with Crippen molar-refractivity contribution in [1.29, 1.82) is 0 Å². The first-order valence-corrected chi connectivity index (χ1v) is 6.40. The van der Waals surface area contributed by atoms with Gasteiger partial charge >= 0.3 is 0 Å². The molecule has 1 atom stereocenters. The molecule has 0 spiro atoms. The molecule has 1 aliphatic heterocycles. The normalized spacial score (nSPS) is 21.6. The Bertz CT molecular complexity index is 337. The lowest BCUT2D eigenvalue weighted by atomic mass is 10.1. The van der Waals surface area contributed by atoms with E-state index in [2.05, 4.69) is 17.3 Å². The number of rotatable bonds is 4. The van der Waals surface area contributed by atoms with Gasteiger partial charge in [-0.3, -0.25) is 0 Å². The summed E-state index contributed by atoms with van der Waals surface area (Å²) in [6.07, 6.45) is 3.53. The zero-order valence-electron chi connectivity index (χ0n) is 10.5. The Morgan fingerprint density at radius 3 is 2.82 bits per heavy atom. The van der Waals surface area contributed by atoms with Crippen LogP contribution in [0.5, 0.6) is 0 Å². The minimum absolute atomic E-state index is 0.157. The Morgan fingerprint density at radius 1 is 1.35 bits per heavy atom. The van der Waals surface area contributed by atoms with Crippen LogP contribution >= 0.6 is 0 Å². The van der Waals surface area contributed by atoms with Gasteiger partial charge in [-0.25, -0.2) is 4.39 Å². The molecule has 0 bridgehead atoms. The molecule has 1 aromatic rings. The van der Waals surface area contributed by atoms with Crippen molar-refractivity contribution >= 4 is 0 Å². The average Bonchev–Trinajstić information content (AvgIpc) is 2.32. The Balaban J connectivity index is 1.70. The molecule has 0 aromatic heterocycles. The molecule has 1 unspecified atom stereocenters. The minimum Gasteiger partial charge on any atom is -0.312 e. The lowest BCUT2D eigenvalue weighted by Gasteiger charge is -2.30. The predicted molar refractivity (Wildman–Crippen MR) is 68.6 cm³/mol. The number of hydrogen-bond donors (Lipinski definition) is 1. The summed E-state index contributed by atoms with van der Waals surface area (Å²) in [7, 11) is 2.17. The van der Waals surface area contributed by atoms with Crippen LogP contribution in [-0.4, -0.2) is 37.6 Å². The topological polar surface area (TPSA) is 15.3 Å². The van der Waals surface area contributed by atoms with E-state index in [1.165, 1.54) is 37.1 Å². The van der Waals surface area contributed by atoms with Crippen molar-refractivity contribution in [3.63, 3.8) is 0 Å². The molecule has 2 rings (SSSR count). The third kappa shape index (κ3) is 4.10. The second-order valence-corrected chi connectivity index (χ2v) is 4.93. The van der Waals surface area contributed by atoms with Gasteiger partial charge in [0.25, 0.3) is 0 Å². The molecule has 1 aliphatic rings. The van der Waals surface area contributed by atoms with E-state index in [-0.39, 0.29) is 5.82 Å². The van der Waals surface area contributed by atoms with Crippen LogP contribution in [0.15, 0.2) is 24.3 Å². The fourth-order valence-corrected chi connectivity index (χ4v) is 2.40. The molecule has 1 saturated heterocycles. The highest BCUT2D eigenvalue weighted by Crippen LogP contribution is 2.08. The quantitative estimate of drug-likeness (QED) is 0.860. The molecule has 1 fully saturated rings. The third-order valence-corrected chi connectivity index (χ3v) is 3.38. The van der Waals surface area contributed by atoms with Gasteiger partial charge in [-0.1, -0.05) is 12.1 Å². The van der Waals surface area contributed by atoms with Gasteiger partial charge in [-0.2, -0.15) is 0 Å². The van der Waals surface area contributed by atoms with Gasteiger partial charge in [0.2, 0.25) is 0 Å². The monoisotopic (exact) mass is 236 g/mol. The zero-order chi connectivity index (χ0) is 12.1. The van der Waals surface area contributed by atoms with E-state index in [4.69, 9.17) is 0 Å². The highest BCUT2D eigenvalue weighted by atomic mass is 19.1. The van der Waals surface area contributed by atoms with E-state index >= 15 is 0 Å². The Kier molecular flexibility index (Phi) is 4.51. The van der Waals surface area contributed by atoms with Crippen molar-refractivity contribution in [3.05, 3.63) is 35.6 Å². The summed E-state index contributed by atoms with van der Waals surface area (Å²) >= 11 is 0. The number of nitrogens with one attached hydrogen (secondary N) is 1. The fraction of sp³-hybridized carbons (Fsp3) is 0.571. The predicted octanol–water partition coefficient (Wildman–Crippen LogP) is 2.05. The standard InChI is InChI=1S/C14H21FN2/c1-17-10-2-3-14(11-17)16-9-8-12-4-6-13(15)7-5-12/h4-7,14,16H,2-3,8-11H2,1H3. The summed E-state index contributed by atoms with van der Waals surface area (Å²) in [6, 6.07) is 7.41. The summed E-state index contributed by atoms with van der Waals surface area (Å²) in [5, 5.41) is 3.58. The molecule has 0 radical (unpaired) electrons. The molecule has 3 heteroatoms. The molecule has 0 saturated carbocycles. The summed E-state index contributed by atoms with van der Waals surface area (Å²) in [6.45, 7) is 3.34. The fourth-order valence-electron chi connectivity index (χ4n) is 2.40. The molecular formula is C14H21FN2. The maximum atomic E-state index is 12.7. The third-order valence-electron chi connectivity index (χ3n) is 3.38. The van der Waals surface area contributed by atoms with E-state index < -0.39 is 0 Å². The Hall–Kier alpha value is -0.930. The van der Waals surface area contributed by atoms with Gasteiger partial charge in [-0.05, 0) is 57.1 Å². The van der Waals surface area contributed by atoms with Gasteiger partial charge in [0, 0.05) is 12.6 Å². The first kappa shape index (κ1) is 12.5. The lowest BCUT2D eigenvalue weighted by Crippen LogP contribution is -2.44. The van der Waals surface area contributed by atoms with Gasteiger partial charge in [0.15, 0.2) is 0 Å². The number of hydrogen-bond acceptors (Lipinski definition) is 2. The summed E-state index contributed by atoms with van der Waals surface area (Å²) in [5.74, 6) is -0.157. The largest absolute Gasteiger partial charge is 0.312 e. The zero-order valence-corrected chi connectivity index (χ0v) is 10.5. The van der Waals surface area contributed by atoms with Gasteiger partial charge in [0.1, 0.15) is 5.82 Å². The molecule has 1 heterocycles. The summed E-state index contributed by atoms with van der Waals surface area (Å²) < 4.78 is 12.7. The molecule has 17 heavy (non-hydrogen) atoms. The SMILES string of the molecule is CN1CCCC(NCCc2ccc(F)cc2)C1. The average molecular weight is 236 g/mol. The van der Waals surface area contributed by atoms with Crippen molar-refractivity contribution < 1.29 is 4.39 Å². The molecular weight excluding hydrogens is 215 g/mol. The van der Waals surface area contributed by atoms with E-state index in [0.717, 1.165) is 19.5 Å². The highest BCUT2D eigenvalue weighted by Gasteiger charge is 2.15. The van der Waals surface area contributed by atoms with Crippen LogP contribution in [0.3, 0.4) is 0 Å². The minimum atomic E-state index is -0.157. The van der Waals surface area contributed by atoms with Crippen molar-refractivity contribution in [3.8, 4) is 0 Å². The summed E-state index contributed by atoms with van der Waals surface area (Å²) in [4.78, 5) is 2.37. The first-order chi connectivity index (χ1) is 8.24. The molecule has 0 aliphatic carbocycles. The van der Waals surface area contributed by atoms with Crippen LogP contribution in [-0.2, 0) is 6.42 Å². The second-order valence-electron chi connectivity index (χ2n) is 4.93. The smallest absolute Gasteiger partial charge is 0.123 e. The molecule has 1 N–H and O–H groups in total. The Labute approximate surface area is 103 Å². The van der Waals surface area contributed by atoms with Crippen molar-refractivity contribution in [2.24, 2.45) is 0 Å². The van der Waals surface area contributed by atoms with Crippen LogP contribution in [0.1, 0.15) is 18.4 Å². The number of likely N-dealkylation sites (tertiary alicyclic amines) is 1. The van der Waals surface area contributed by atoms with Crippen molar-refractivity contribution in [1.82, 2.24) is 10.2 Å². The van der Waals surface area contributed by atoms with Crippen LogP contribution in [0.25, 0.3) is 0 Å². The maximum Gasteiger partial charge on any atom is 0.123 e. The lowest BCUT2D eigenvalue weighted by molar-refractivity contribution is 0.228. The van der Waals surface area contributed by atoms with E-state index in [1.807, 2.05) is 12.1 Å². The summed E-state index contributed by atoms with van der Waals surface area (Å²) in [5.41, 5.74) is 1.20. The first-order valence-electron chi connectivity index (χ1n) is 6.40. The maximum absolute atomic E-state index is 12.7. The number of benzene rings is 1. The second kappa shape index (κ2) is 6.12. The van der Waals surface area contributed by atoms with Crippen LogP contribution in [0, 0.1) is 5.82 Å². The molecule has 94 valence electrons. The number of nitrogens with zero attached hydrogens (tertiary/aromatic N) is 1. The van der Waals surface area contributed by atoms with Crippen molar-refractivity contribution in [2.75, 3.05) is 26.7 Å². The Morgan fingerprint density at radius 2 is 2.12 bits per heavy atom. The molecule has 2 nitrogen and oxygen atoms in total. The highest BCUT2D eigenvalue weighted by molar-refractivity contribution is 5.16.